The number of nitrogens with one attached hydrogen (secondary N) is 2. The maximum Gasteiger partial charge on any atom is 0.251 e. The molecule has 0 saturated heterocycles. The number of hydrogen-bond donors (Lipinski definition) is 2. The number of imidazole rings is 1. The van der Waals surface area contributed by atoms with Crippen LogP contribution in [0.25, 0.3) is 17.1 Å². The topological polar surface area (TPSA) is 84.7 Å². The minimum absolute atomic E-state index is 0.0199. The number of amides is 1. The molecule has 7 heteroatoms. The molecule has 0 unspecified atom stereocenters. The van der Waals surface area contributed by atoms with E-state index in [-0.39, 0.29) is 11.3 Å². The van der Waals surface area contributed by atoms with Crippen molar-refractivity contribution in [3.63, 3.8) is 0 Å². The van der Waals surface area contributed by atoms with Gasteiger partial charge in [-0.15, -0.1) is 0 Å². The van der Waals surface area contributed by atoms with E-state index in [0.29, 0.717) is 24.1 Å². The highest BCUT2D eigenvalue weighted by atomic mass is 16.1. The normalized spacial score (nSPS) is 16.5. The van der Waals surface area contributed by atoms with Gasteiger partial charge in [0.05, 0.1) is 12.0 Å². The molecule has 1 fully saturated rings. The van der Waals surface area contributed by atoms with Crippen LogP contribution in [0.15, 0.2) is 61.2 Å². The zero-order valence-electron chi connectivity index (χ0n) is 20.2. The highest BCUT2D eigenvalue weighted by Crippen LogP contribution is 2.39. The molecule has 1 aliphatic heterocycles. The molecule has 1 aliphatic carbocycles. The molecule has 2 aliphatic rings. The van der Waals surface area contributed by atoms with Crippen molar-refractivity contribution in [3.8, 4) is 17.1 Å². The molecular formula is C28H28N6O. The number of aromatic nitrogens is 4. The number of carbonyl (C=O) groups is 1. The first-order valence-electron chi connectivity index (χ1n) is 12.1. The SMILES string of the molecule is Cc1cc(-c2nccc(Nc3ccc4c(c3)C(C)(C)CNC4=O)n2)ccc1-n1cnc(C2CC2)c1. The van der Waals surface area contributed by atoms with Gasteiger partial charge in [-0.1, -0.05) is 13.8 Å². The molecule has 1 amide bonds. The fourth-order valence-electron chi connectivity index (χ4n) is 4.73. The Morgan fingerprint density at radius 1 is 1.09 bits per heavy atom. The van der Waals surface area contributed by atoms with E-state index in [9.17, 15) is 4.79 Å². The number of fused-ring (bicyclic) bond motifs is 1. The Hall–Kier alpha value is -4.00. The summed E-state index contributed by atoms with van der Waals surface area (Å²) in [5.74, 6) is 1.98. The fourth-order valence-corrected chi connectivity index (χ4v) is 4.73. The molecule has 4 aromatic rings. The van der Waals surface area contributed by atoms with Crippen molar-refractivity contribution < 1.29 is 4.79 Å². The molecule has 0 bridgehead atoms. The van der Waals surface area contributed by atoms with Gasteiger partial charge in [-0.3, -0.25) is 4.79 Å². The first-order valence-corrected chi connectivity index (χ1v) is 12.1. The van der Waals surface area contributed by atoms with Crippen LogP contribution in [0.3, 0.4) is 0 Å². The summed E-state index contributed by atoms with van der Waals surface area (Å²) in [5.41, 5.74) is 6.93. The van der Waals surface area contributed by atoms with Crippen LogP contribution in [0.2, 0.25) is 0 Å². The molecule has 7 nitrogen and oxygen atoms in total. The van der Waals surface area contributed by atoms with Crippen LogP contribution in [-0.2, 0) is 5.41 Å². The molecule has 6 rings (SSSR count). The predicted octanol–water partition coefficient (Wildman–Crippen LogP) is 5.28. The van der Waals surface area contributed by atoms with E-state index < -0.39 is 0 Å². The Morgan fingerprint density at radius 2 is 1.94 bits per heavy atom. The lowest BCUT2D eigenvalue weighted by atomic mass is 9.79. The molecule has 1 saturated carbocycles. The Morgan fingerprint density at radius 3 is 2.74 bits per heavy atom. The van der Waals surface area contributed by atoms with Crippen LogP contribution >= 0.6 is 0 Å². The summed E-state index contributed by atoms with van der Waals surface area (Å²) in [4.78, 5) is 26.1. The van der Waals surface area contributed by atoms with Gasteiger partial charge in [-0.2, -0.15) is 0 Å². The molecule has 2 aromatic heterocycles. The zero-order valence-corrected chi connectivity index (χ0v) is 20.2. The molecule has 2 aromatic carbocycles. The first kappa shape index (κ1) is 21.5. The van der Waals surface area contributed by atoms with Gasteiger partial charge in [0, 0.05) is 52.8 Å². The van der Waals surface area contributed by atoms with Gasteiger partial charge in [-0.05, 0) is 73.4 Å². The second-order valence-corrected chi connectivity index (χ2v) is 10.2. The molecule has 176 valence electrons. The standard InChI is InChI=1S/C28H28N6O/c1-17-12-19(6-9-24(17)34-14-23(31-16-34)18-4-5-18)26-29-11-10-25(33-26)32-20-7-8-21-22(13-20)28(2,3)15-30-27(21)35/h6-14,16,18H,4-5,15H2,1-3H3,(H,30,35)(H,29,32,33). The third-order valence-electron chi connectivity index (χ3n) is 6.94. The third-order valence-corrected chi connectivity index (χ3v) is 6.94. The number of carbonyl (C=O) groups excluding carboxylic acids is 1. The minimum Gasteiger partial charge on any atom is -0.351 e. The second-order valence-electron chi connectivity index (χ2n) is 10.2. The van der Waals surface area contributed by atoms with Gasteiger partial charge in [0.25, 0.3) is 5.91 Å². The van der Waals surface area contributed by atoms with Crippen molar-refractivity contribution in [2.45, 2.75) is 44.9 Å². The molecule has 35 heavy (non-hydrogen) atoms. The Bertz CT molecular complexity index is 1450. The second kappa shape index (κ2) is 8.05. The number of rotatable bonds is 5. The van der Waals surface area contributed by atoms with Crippen LogP contribution < -0.4 is 10.6 Å². The first-order chi connectivity index (χ1) is 16.9. The van der Waals surface area contributed by atoms with Gasteiger partial charge in [0.1, 0.15) is 5.82 Å². The predicted molar refractivity (Wildman–Crippen MR) is 136 cm³/mol. The summed E-state index contributed by atoms with van der Waals surface area (Å²) < 4.78 is 2.10. The summed E-state index contributed by atoms with van der Waals surface area (Å²) in [6.07, 6.45) is 8.30. The highest BCUT2D eigenvalue weighted by molar-refractivity contribution is 5.98. The van der Waals surface area contributed by atoms with Gasteiger partial charge >= 0.3 is 0 Å². The summed E-state index contributed by atoms with van der Waals surface area (Å²) in [6, 6.07) is 14.0. The Balaban J connectivity index is 1.26. The summed E-state index contributed by atoms with van der Waals surface area (Å²) in [7, 11) is 0. The van der Waals surface area contributed by atoms with Crippen molar-refractivity contribution in [2.24, 2.45) is 0 Å². The molecule has 2 N–H and O–H groups in total. The van der Waals surface area contributed by atoms with Crippen molar-refractivity contribution >= 4 is 17.4 Å². The summed E-state index contributed by atoms with van der Waals surface area (Å²) in [6.45, 7) is 7.00. The van der Waals surface area contributed by atoms with Crippen LogP contribution in [0.5, 0.6) is 0 Å². The van der Waals surface area contributed by atoms with Crippen molar-refractivity contribution in [1.29, 1.82) is 0 Å². The van der Waals surface area contributed by atoms with E-state index in [1.54, 1.807) is 6.20 Å². The number of benzene rings is 2. The summed E-state index contributed by atoms with van der Waals surface area (Å²) >= 11 is 0. The monoisotopic (exact) mass is 464 g/mol. The van der Waals surface area contributed by atoms with E-state index in [0.717, 1.165) is 33.6 Å². The van der Waals surface area contributed by atoms with Gasteiger partial charge in [0.15, 0.2) is 5.82 Å². The largest absolute Gasteiger partial charge is 0.351 e. The highest BCUT2D eigenvalue weighted by Gasteiger charge is 2.31. The van der Waals surface area contributed by atoms with E-state index in [1.165, 1.54) is 18.5 Å². The molecule has 0 atom stereocenters. The van der Waals surface area contributed by atoms with E-state index in [1.807, 2.05) is 24.5 Å². The van der Waals surface area contributed by atoms with Gasteiger partial charge < -0.3 is 15.2 Å². The van der Waals surface area contributed by atoms with E-state index >= 15 is 0 Å². The van der Waals surface area contributed by atoms with Crippen molar-refractivity contribution in [1.82, 2.24) is 24.8 Å². The quantitative estimate of drug-likeness (QED) is 0.420. The lowest BCUT2D eigenvalue weighted by Gasteiger charge is -2.32. The van der Waals surface area contributed by atoms with Crippen LogP contribution in [0.4, 0.5) is 11.5 Å². The van der Waals surface area contributed by atoms with Crippen LogP contribution in [-0.4, -0.2) is 32.0 Å². The number of hydrogen-bond acceptors (Lipinski definition) is 5. The van der Waals surface area contributed by atoms with E-state index in [2.05, 4.69) is 76.4 Å². The maximum absolute atomic E-state index is 12.3. The summed E-state index contributed by atoms with van der Waals surface area (Å²) in [5, 5.41) is 6.36. The van der Waals surface area contributed by atoms with E-state index in [4.69, 9.17) is 4.98 Å². The average molecular weight is 465 g/mol. The lowest BCUT2D eigenvalue weighted by molar-refractivity contribution is 0.0930. The number of anilines is 2. The Labute approximate surface area is 204 Å². The van der Waals surface area contributed by atoms with Crippen molar-refractivity contribution in [2.75, 3.05) is 11.9 Å². The molecular weight excluding hydrogens is 436 g/mol. The molecule has 0 spiro atoms. The zero-order chi connectivity index (χ0) is 24.2. The third kappa shape index (κ3) is 4.07. The molecule has 0 radical (unpaired) electrons. The average Bonchev–Trinajstić information content (AvgIpc) is 3.59. The molecule has 3 heterocycles. The van der Waals surface area contributed by atoms with Crippen molar-refractivity contribution in [3.05, 3.63) is 83.6 Å². The van der Waals surface area contributed by atoms with Crippen LogP contribution in [0.1, 0.15) is 59.8 Å². The minimum atomic E-state index is -0.133. The van der Waals surface area contributed by atoms with Gasteiger partial charge in [0.2, 0.25) is 0 Å². The number of aryl methyl sites for hydroxylation is 1. The Kier molecular flexibility index (Phi) is 4.95. The number of nitrogens with zero attached hydrogens (tertiary/aromatic N) is 4. The van der Waals surface area contributed by atoms with Crippen LogP contribution in [0, 0.1) is 6.92 Å². The smallest absolute Gasteiger partial charge is 0.251 e. The lowest BCUT2D eigenvalue weighted by Crippen LogP contribution is -2.43. The maximum atomic E-state index is 12.3. The van der Waals surface area contributed by atoms with Gasteiger partial charge in [-0.25, -0.2) is 15.0 Å². The fraction of sp³-hybridized carbons (Fsp3) is 0.286.